The van der Waals surface area contributed by atoms with Crippen molar-refractivity contribution in [1.29, 1.82) is 0 Å². The first-order valence-corrected chi connectivity index (χ1v) is 3.74. The van der Waals surface area contributed by atoms with E-state index < -0.39 is 0 Å². The van der Waals surface area contributed by atoms with E-state index in [1.54, 1.807) is 6.20 Å². The third-order valence-electron chi connectivity index (χ3n) is 1.02. The topological polar surface area (TPSA) is 29.0 Å². The number of hydrogen-bond donors (Lipinski definition) is 0. The summed E-state index contributed by atoms with van der Waals surface area (Å²) in [6.07, 6.45) is 3.26. The summed E-state index contributed by atoms with van der Waals surface area (Å²) >= 11 is 0. The average Bonchev–Trinajstić information content (AvgIpc) is 2.10. The number of nitrogens with zero attached hydrogens (tertiary/aromatic N) is 3. The van der Waals surface area contributed by atoms with Crippen LogP contribution in [-0.2, 0) is 0 Å². The second kappa shape index (κ2) is 5.65. The highest BCUT2D eigenvalue weighted by Crippen LogP contribution is 2.00. The van der Waals surface area contributed by atoms with Crippen LogP contribution >= 0.6 is 0 Å². The van der Waals surface area contributed by atoms with Crippen molar-refractivity contribution in [2.75, 3.05) is 19.0 Å². The van der Waals surface area contributed by atoms with Gasteiger partial charge in [0, 0.05) is 20.3 Å². The predicted octanol–water partition coefficient (Wildman–Crippen LogP) is 1.57. The first kappa shape index (κ1) is 9.88. The quantitative estimate of drug-likeness (QED) is 0.613. The smallest absolute Gasteiger partial charge is 0.131 e. The zero-order valence-electron chi connectivity index (χ0n) is 7.57. The Balaban J connectivity index is 0.000000461. The van der Waals surface area contributed by atoms with Crippen molar-refractivity contribution < 1.29 is 0 Å². The summed E-state index contributed by atoms with van der Waals surface area (Å²) in [6, 6.07) is 1.86. The summed E-state index contributed by atoms with van der Waals surface area (Å²) in [6.45, 7) is 4.00. The van der Waals surface area contributed by atoms with Gasteiger partial charge in [-0.15, -0.1) is 0 Å². The summed E-state index contributed by atoms with van der Waals surface area (Å²) in [4.78, 5) is 9.72. The maximum absolute atomic E-state index is 3.99. The van der Waals surface area contributed by atoms with Gasteiger partial charge in [-0.3, -0.25) is 0 Å². The molecule has 0 fully saturated rings. The number of anilines is 1. The minimum atomic E-state index is 0.935. The van der Waals surface area contributed by atoms with Crippen LogP contribution in [0, 0.1) is 0 Å². The lowest BCUT2D eigenvalue weighted by Crippen LogP contribution is -2.09. The van der Waals surface area contributed by atoms with Gasteiger partial charge in [-0.25, -0.2) is 9.97 Å². The zero-order chi connectivity index (χ0) is 8.69. The third-order valence-corrected chi connectivity index (χ3v) is 1.02. The van der Waals surface area contributed by atoms with Gasteiger partial charge >= 0.3 is 0 Å². The van der Waals surface area contributed by atoms with E-state index in [0.29, 0.717) is 0 Å². The minimum absolute atomic E-state index is 0.935. The highest BCUT2D eigenvalue weighted by molar-refractivity contribution is 5.33. The van der Waals surface area contributed by atoms with E-state index in [0.717, 1.165) is 5.82 Å². The van der Waals surface area contributed by atoms with Crippen LogP contribution < -0.4 is 4.90 Å². The molecule has 0 amide bonds. The standard InChI is InChI=1S/C6H9N3.C2H6/c1-9(2)6-3-4-7-5-8-6;1-2/h3-5H,1-2H3;1-2H3. The summed E-state index contributed by atoms with van der Waals surface area (Å²) < 4.78 is 0. The number of rotatable bonds is 1. The first-order valence-electron chi connectivity index (χ1n) is 3.74. The molecule has 0 bridgehead atoms. The zero-order valence-corrected chi connectivity index (χ0v) is 7.57. The fourth-order valence-electron chi connectivity index (χ4n) is 0.548. The van der Waals surface area contributed by atoms with Crippen molar-refractivity contribution in [3.63, 3.8) is 0 Å². The molecule has 0 saturated heterocycles. The molecule has 1 heterocycles. The molecule has 1 aromatic rings. The SMILES string of the molecule is CC.CN(C)c1ccncn1. The predicted molar refractivity (Wildman–Crippen MR) is 47.7 cm³/mol. The van der Waals surface area contributed by atoms with Crippen LogP contribution in [0.1, 0.15) is 13.8 Å². The monoisotopic (exact) mass is 153 g/mol. The summed E-state index contributed by atoms with van der Waals surface area (Å²) in [5.41, 5.74) is 0. The van der Waals surface area contributed by atoms with Crippen LogP contribution in [-0.4, -0.2) is 24.1 Å². The molecule has 0 aliphatic rings. The molecule has 1 aromatic heterocycles. The maximum atomic E-state index is 3.99. The van der Waals surface area contributed by atoms with Gasteiger partial charge in [-0.2, -0.15) is 0 Å². The van der Waals surface area contributed by atoms with Crippen LogP contribution in [0.4, 0.5) is 5.82 Å². The molecule has 0 aromatic carbocycles. The van der Waals surface area contributed by atoms with Gasteiger partial charge in [0.25, 0.3) is 0 Å². The molecule has 3 nitrogen and oxygen atoms in total. The third kappa shape index (κ3) is 3.55. The fourth-order valence-corrected chi connectivity index (χ4v) is 0.548. The molecule has 1 rings (SSSR count). The lowest BCUT2D eigenvalue weighted by atomic mass is 10.5. The Morgan fingerprint density at radius 2 is 1.91 bits per heavy atom. The maximum Gasteiger partial charge on any atom is 0.131 e. The minimum Gasteiger partial charge on any atom is -0.363 e. The highest BCUT2D eigenvalue weighted by atomic mass is 15.1. The average molecular weight is 153 g/mol. The largest absolute Gasteiger partial charge is 0.363 e. The van der Waals surface area contributed by atoms with Crippen LogP contribution in [0.15, 0.2) is 18.6 Å². The van der Waals surface area contributed by atoms with Crippen molar-refractivity contribution in [3.8, 4) is 0 Å². The van der Waals surface area contributed by atoms with Gasteiger partial charge in [0.05, 0.1) is 0 Å². The Hall–Kier alpha value is -1.12. The second-order valence-electron chi connectivity index (χ2n) is 1.96. The molecule has 0 unspecified atom stereocenters. The molecule has 0 N–H and O–H groups in total. The van der Waals surface area contributed by atoms with E-state index in [1.807, 2.05) is 38.9 Å². The van der Waals surface area contributed by atoms with Crippen LogP contribution in [0.2, 0.25) is 0 Å². The van der Waals surface area contributed by atoms with Crippen molar-refractivity contribution in [2.24, 2.45) is 0 Å². The van der Waals surface area contributed by atoms with Gasteiger partial charge in [0.2, 0.25) is 0 Å². The van der Waals surface area contributed by atoms with Crippen LogP contribution in [0.5, 0.6) is 0 Å². The summed E-state index contributed by atoms with van der Waals surface area (Å²) in [5, 5.41) is 0. The fraction of sp³-hybridized carbons (Fsp3) is 0.500. The van der Waals surface area contributed by atoms with Crippen molar-refractivity contribution in [3.05, 3.63) is 18.6 Å². The van der Waals surface area contributed by atoms with E-state index in [1.165, 1.54) is 6.33 Å². The summed E-state index contributed by atoms with van der Waals surface area (Å²) in [7, 11) is 3.89. The van der Waals surface area contributed by atoms with E-state index >= 15 is 0 Å². The van der Waals surface area contributed by atoms with Gasteiger partial charge in [0.15, 0.2) is 0 Å². The number of hydrogen-bond acceptors (Lipinski definition) is 3. The molecule has 11 heavy (non-hydrogen) atoms. The van der Waals surface area contributed by atoms with E-state index in [4.69, 9.17) is 0 Å². The summed E-state index contributed by atoms with van der Waals surface area (Å²) in [5.74, 6) is 0.935. The first-order chi connectivity index (χ1) is 5.30. The number of aromatic nitrogens is 2. The molecule has 0 saturated carbocycles. The molecule has 0 atom stereocenters. The Bertz CT molecular complexity index is 172. The molecule has 62 valence electrons. The molecule has 3 heteroatoms. The second-order valence-corrected chi connectivity index (χ2v) is 1.96. The van der Waals surface area contributed by atoms with Crippen LogP contribution in [0.3, 0.4) is 0 Å². The van der Waals surface area contributed by atoms with Crippen molar-refractivity contribution in [1.82, 2.24) is 9.97 Å². The van der Waals surface area contributed by atoms with E-state index in [9.17, 15) is 0 Å². The Kier molecular flexibility index (Phi) is 5.07. The normalized spacial score (nSPS) is 8.00. The van der Waals surface area contributed by atoms with E-state index in [2.05, 4.69) is 9.97 Å². The Morgan fingerprint density at radius 3 is 2.18 bits per heavy atom. The molecule has 0 aliphatic heterocycles. The van der Waals surface area contributed by atoms with E-state index in [-0.39, 0.29) is 0 Å². The molecular weight excluding hydrogens is 138 g/mol. The van der Waals surface area contributed by atoms with Gasteiger partial charge in [-0.05, 0) is 6.07 Å². The molecule has 0 radical (unpaired) electrons. The van der Waals surface area contributed by atoms with Gasteiger partial charge in [0.1, 0.15) is 12.1 Å². The van der Waals surface area contributed by atoms with Crippen molar-refractivity contribution >= 4 is 5.82 Å². The van der Waals surface area contributed by atoms with Gasteiger partial charge in [-0.1, -0.05) is 13.8 Å². The lowest BCUT2D eigenvalue weighted by Gasteiger charge is -2.08. The van der Waals surface area contributed by atoms with Gasteiger partial charge < -0.3 is 4.90 Å². The molecule has 0 spiro atoms. The Labute approximate surface area is 68.1 Å². The Morgan fingerprint density at radius 1 is 1.27 bits per heavy atom. The van der Waals surface area contributed by atoms with Crippen molar-refractivity contribution in [2.45, 2.75) is 13.8 Å². The molecular formula is C8H15N3. The van der Waals surface area contributed by atoms with Crippen LogP contribution in [0.25, 0.3) is 0 Å². The highest BCUT2D eigenvalue weighted by Gasteiger charge is 1.90. The molecule has 0 aliphatic carbocycles. The lowest BCUT2D eigenvalue weighted by molar-refractivity contribution is 1.04.